The van der Waals surface area contributed by atoms with E-state index < -0.39 is 48.8 Å². The number of benzene rings is 12. The van der Waals surface area contributed by atoms with Gasteiger partial charge in [-0.15, -0.1) is 0 Å². The zero-order chi connectivity index (χ0) is 107. The van der Waals surface area contributed by atoms with Gasteiger partial charge in [-0.25, -0.2) is 14.4 Å². The van der Waals surface area contributed by atoms with Gasteiger partial charge in [-0.05, 0) is 358 Å². The first kappa shape index (κ1) is 117. The molecule has 0 unspecified atom stereocenters. The summed E-state index contributed by atoms with van der Waals surface area (Å²) in [5.41, 5.74) is 31.1. The maximum absolute atomic E-state index is 13.3. The highest BCUT2D eigenvalue weighted by Crippen LogP contribution is 2.57. The lowest BCUT2D eigenvalue weighted by molar-refractivity contribution is 0.0203. The maximum Gasteiger partial charge on any atom is 0.514 e. The molecule has 15 rings (SSSR count). The van der Waals surface area contributed by atoms with E-state index in [1.54, 1.807) is 6.92 Å². The number of hydrogen-bond donors (Lipinski definition) is 0. The topological polar surface area (TPSA) is 213 Å². The van der Waals surface area contributed by atoms with Crippen molar-refractivity contribution in [2.75, 3.05) is 13.7 Å². The van der Waals surface area contributed by atoms with Gasteiger partial charge in [0.25, 0.3) is 0 Å². The van der Waals surface area contributed by atoms with Crippen molar-refractivity contribution in [1.82, 2.24) is 0 Å². The first-order chi connectivity index (χ1) is 67.2. The minimum atomic E-state index is -1.99. The Balaban J connectivity index is 0.000000225. The molecular formula is C127H161O18P3. The monoisotopic (exact) mass is 2070 g/mol. The van der Waals surface area contributed by atoms with Crippen LogP contribution in [0.3, 0.4) is 0 Å². The van der Waals surface area contributed by atoms with Gasteiger partial charge in [0.2, 0.25) is 0 Å². The second-order valence-electron chi connectivity index (χ2n) is 46.8. The molecule has 3 heterocycles. The van der Waals surface area contributed by atoms with Crippen LogP contribution in [0.2, 0.25) is 0 Å². The molecule has 15 aromatic rings. The number of methoxy groups -OCH3 is 1. The van der Waals surface area contributed by atoms with Crippen molar-refractivity contribution in [2.24, 2.45) is 0 Å². The summed E-state index contributed by atoms with van der Waals surface area (Å²) in [4.78, 5) is 39.0. The normalized spacial score (nSPS) is 11.9. The van der Waals surface area contributed by atoms with Crippen LogP contribution in [0, 0.1) is 125 Å². The van der Waals surface area contributed by atoms with Crippen molar-refractivity contribution in [2.45, 2.75) is 337 Å². The van der Waals surface area contributed by atoms with Gasteiger partial charge >= 0.3 is 43.2 Å². The summed E-state index contributed by atoms with van der Waals surface area (Å²) in [6, 6.07) is 50.7. The molecule has 12 aromatic carbocycles. The van der Waals surface area contributed by atoms with E-state index in [0.29, 0.717) is 34.5 Å². The third-order valence-electron chi connectivity index (χ3n) is 25.4. The minimum Gasteiger partial charge on any atom is -0.437 e. The molecule has 0 fully saturated rings. The highest BCUT2D eigenvalue weighted by Gasteiger charge is 2.37. The Labute approximate surface area is 882 Å². The first-order valence-corrected chi connectivity index (χ1v) is 53.2. The summed E-state index contributed by atoms with van der Waals surface area (Å²) in [6.07, 6.45) is -2.29. The van der Waals surface area contributed by atoms with Gasteiger partial charge in [0.05, 0.1) is 13.7 Å². The van der Waals surface area contributed by atoms with E-state index in [1.807, 2.05) is 39.8 Å². The Kier molecular flexibility index (Phi) is 35.5. The SMILES string of the molecule is C.C.C.CCOC(=O)Oc1c(-c2cc(C)cc(C(C)(C)C)c2Op2oc3c(C)cc(C)cc3c3cc(C)cc(C)c3o2)cc(C)cc1C(C)(C)C.COC(=O)Oc1c(-c2cc(C)cc(C(C)(C)C)c2Op2oc3c(C)cc(C)cc3c3cc(C)cc(C)c3o2)cc(C)cc1C(C)(C)C.Cc1cc(-c2cc(C)cc(C(C)(C)C)c2Op2oc3c(C)cc(C)cc3c3cc(C)cc(C)c3o2)c(OC(=O)OC(C)(C)C)c(C(C)(C)C)c1. The van der Waals surface area contributed by atoms with Crippen LogP contribution in [0.15, 0.2) is 171 Å². The van der Waals surface area contributed by atoms with Crippen LogP contribution in [0.5, 0.6) is 34.5 Å². The molecule has 0 atom stereocenters. The van der Waals surface area contributed by atoms with Crippen LogP contribution in [0.4, 0.5) is 14.4 Å². The van der Waals surface area contributed by atoms with E-state index in [1.165, 1.54) is 7.11 Å². The molecule has 0 radical (unpaired) electrons. The summed E-state index contributed by atoms with van der Waals surface area (Å²) in [7, 11) is -4.64. The van der Waals surface area contributed by atoms with Gasteiger partial charge in [0.15, 0.2) is 0 Å². The number of ether oxygens (including phenoxy) is 6. The summed E-state index contributed by atoms with van der Waals surface area (Å²) >= 11 is 0. The van der Waals surface area contributed by atoms with Crippen LogP contribution in [0.25, 0.3) is 99.2 Å². The standard InChI is InChI=1S/C43H53O6P.C41H49O6P.C40H47O6P.3CH4/c1-24-16-28(5)36-30(18-24)31-19-25(2)17-29(6)37(31)48-50(47-36)49-39-33(21-27(4)23-35(39)42(10,11)12)32-20-26(3)22-34(41(7,8)9)38(32)45-40(44)46-43(13,14)15;1-14-43-39(42)44-37-31(19-25(4)21-33(37)40(8,9)10)32-20-26(5)22-34(41(11,12)13)38(32)47-48-45-35-27(6)15-23(2)17-29(35)30-18-24(3)16-28(7)36(30)46-48;1-22-14-26(5)34-28(16-22)29-17-23(2)15-27(6)35(29)45-47(44-34)46-37-31(19-25(4)21-33(37)40(10,11)12)30-18-24(3)20-32(39(7,8)9)36(30)43-38(41)42-13;;;/h16-23H,1-15H3;15-22H,14H2,1-13H3;14-21H,1-13H3;3*1H4. The number of hydrogen-bond acceptors (Lipinski definition) is 18. The van der Waals surface area contributed by atoms with Crippen LogP contribution < -0.4 is 27.8 Å². The number of aryl methyl sites for hydroxylation is 18. The van der Waals surface area contributed by atoms with Gasteiger partial charge in [0.1, 0.15) is 73.6 Å². The molecule has 0 N–H and O–H groups in total. The van der Waals surface area contributed by atoms with E-state index in [4.69, 9.17) is 67.2 Å². The lowest BCUT2D eigenvalue weighted by Gasteiger charge is -2.28. The molecule has 0 aliphatic rings. The zero-order valence-corrected chi connectivity index (χ0v) is 95.9. The fraction of sp³-hybridized carbons (Fsp3) is 0.409. The predicted molar refractivity (Wildman–Crippen MR) is 618 cm³/mol. The summed E-state index contributed by atoms with van der Waals surface area (Å²) < 4.78 is 95.8. The van der Waals surface area contributed by atoms with Crippen molar-refractivity contribution in [3.8, 4) is 67.9 Å². The molecule has 0 saturated heterocycles. The van der Waals surface area contributed by atoms with Crippen molar-refractivity contribution >= 4 is 109 Å². The molecule has 0 aliphatic heterocycles. The maximum atomic E-state index is 13.3. The van der Waals surface area contributed by atoms with Gasteiger partial charge in [-0.2, -0.15) is 0 Å². The Bertz CT molecular complexity index is 7560. The summed E-state index contributed by atoms with van der Waals surface area (Å²) in [6.45, 7) is 83.2. The largest absolute Gasteiger partial charge is 0.514 e. The molecule has 792 valence electrons. The number of carbonyl (C=O) groups is 3. The molecule has 0 amide bonds. The Morgan fingerprint density at radius 2 is 0.405 bits per heavy atom. The number of carbonyl (C=O) groups excluding carboxylic acids is 3. The highest BCUT2D eigenvalue weighted by molar-refractivity contribution is 7.32. The van der Waals surface area contributed by atoms with Crippen molar-refractivity contribution in [3.05, 3.63) is 279 Å². The number of rotatable bonds is 13. The second-order valence-corrected chi connectivity index (χ2v) is 49.8. The minimum absolute atomic E-state index is 0. The average molecular weight is 2070 g/mol. The predicted octanol–water partition coefficient (Wildman–Crippen LogP) is 40.6. The van der Waals surface area contributed by atoms with Crippen molar-refractivity contribution in [3.63, 3.8) is 0 Å². The van der Waals surface area contributed by atoms with E-state index in [-0.39, 0.29) is 61.4 Å². The molecule has 0 bridgehead atoms. The third kappa shape index (κ3) is 26.5. The molecule has 148 heavy (non-hydrogen) atoms. The molecule has 0 saturated carbocycles. The fourth-order valence-corrected chi connectivity index (χ4v) is 22.7. The fourth-order valence-electron chi connectivity index (χ4n) is 19.0. The molecule has 0 spiro atoms. The van der Waals surface area contributed by atoms with Crippen LogP contribution in [-0.4, -0.2) is 37.8 Å². The Morgan fingerprint density at radius 1 is 0.236 bits per heavy atom. The van der Waals surface area contributed by atoms with Crippen LogP contribution in [-0.2, 0) is 46.7 Å². The van der Waals surface area contributed by atoms with E-state index in [0.717, 1.165) is 233 Å². The summed E-state index contributed by atoms with van der Waals surface area (Å²) in [5.74, 6) is 3.19. The second kappa shape index (κ2) is 44.8. The quantitative estimate of drug-likeness (QED) is 0.0596. The smallest absolute Gasteiger partial charge is 0.437 e. The van der Waals surface area contributed by atoms with Gasteiger partial charge in [-0.3, -0.25) is 0 Å². The molecule has 18 nitrogen and oxygen atoms in total. The van der Waals surface area contributed by atoms with Crippen LogP contribution >= 0.6 is 24.7 Å². The van der Waals surface area contributed by atoms with Gasteiger partial charge < -0.3 is 67.2 Å². The van der Waals surface area contributed by atoms with E-state index >= 15 is 0 Å². The molecule has 3 aromatic heterocycles. The molecule has 0 aliphatic carbocycles. The number of fused-ring (bicyclic) bond motifs is 9. The van der Waals surface area contributed by atoms with E-state index in [2.05, 4.69) is 376 Å². The third-order valence-corrected chi connectivity index (χ3v) is 28.4. The van der Waals surface area contributed by atoms with Crippen molar-refractivity contribution < 1.29 is 81.6 Å². The Morgan fingerprint density at radius 3 is 0.581 bits per heavy atom. The molecule has 21 heteroatoms. The van der Waals surface area contributed by atoms with Gasteiger partial charge in [0, 0.05) is 99.1 Å². The lowest BCUT2D eigenvalue weighted by Crippen LogP contribution is -2.27. The first-order valence-electron chi connectivity index (χ1n) is 49.9. The van der Waals surface area contributed by atoms with E-state index in [9.17, 15) is 14.4 Å². The van der Waals surface area contributed by atoms with Crippen molar-refractivity contribution in [1.29, 1.82) is 0 Å². The van der Waals surface area contributed by atoms with Crippen LogP contribution in [0.1, 0.15) is 308 Å². The Hall–Kier alpha value is -12.5. The average Bonchev–Trinajstić information content (AvgIpc) is 1.23. The lowest BCUT2D eigenvalue weighted by atomic mass is 9.80. The summed E-state index contributed by atoms with van der Waals surface area (Å²) in [5, 5.41) is 5.92. The van der Waals surface area contributed by atoms with Gasteiger partial charge in [-0.1, -0.05) is 220 Å². The molecular weight excluding hydrogens is 1910 g/mol. The highest BCUT2D eigenvalue weighted by atomic mass is 31.1. The zero-order valence-electron chi connectivity index (χ0n) is 93.3.